The van der Waals surface area contributed by atoms with Crippen molar-refractivity contribution in [3.8, 4) is 39.1 Å². The fraction of sp³-hybridized carbons (Fsp3) is 0. The zero-order valence-electron chi connectivity index (χ0n) is 33.8. The van der Waals surface area contributed by atoms with E-state index in [4.69, 9.17) is 0 Å². The van der Waals surface area contributed by atoms with Crippen LogP contribution in [0.5, 0.6) is 0 Å². The minimum absolute atomic E-state index is 1.10. The van der Waals surface area contributed by atoms with Gasteiger partial charge in [-0.1, -0.05) is 170 Å². The Kier molecular flexibility index (Phi) is 7.64. The monoisotopic (exact) mass is 786 g/mol. The molecular weight excluding hydrogens is 749 g/mol. The zero-order chi connectivity index (χ0) is 40.7. The van der Waals surface area contributed by atoms with Gasteiger partial charge in [0.2, 0.25) is 0 Å². The topological polar surface area (TPSA) is 8.17 Å². The molecule has 288 valence electrons. The fourth-order valence-electron chi connectivity index (χ4n) is 10.4. The molecule has 2 aliphatic rings. The molecule has 2 aliphatic carbocycles. The van der Waals surface area contributed by atoms with Gasteiger partial charge in [-0.25, -0.2) is 0 Å². The van der Waals surface area contributed by atoms with Crippen molar-refractivity contribution in [1.29, 1.82) is 0 Å². The van der Waals surface area contributed by atoms with Crippen LogP contribution in [0.25, 0.3) is 82.8 Å². The summed E-state index contributed by atoms with van der Waals surface area (Å²) in [5.41, 5.74) is 22.2. The molecule has 11 aromatic rings. The lowest BCUT2D eigenvalue weighted by molar-refractivity contribution is 1.18. The zero-order valence-corrected chi connectivity index (χ0v) is 33.8. The number of nitrogens with zero attached hydrogens (tertiary/aromatic N) is 2. The summed E-state index contributed by atoms with van der Waals surface area (Å²) in [7, 11) is 0. The van der Waals surface area contributed by atoms with E-state index in [9.17, 15) is 0 Å². The Balaban J connectivity index is 0.985. The van der Waals surface area contributed by atoms with Crippen LogP contribution >= 0.6 is 0 Å². The van der Waals surface area contributed by atoms with Crippen LogP contribution < -0.4 is 4.90 Å². The van der Waals surface area contributed by atoms with Gasteiger partial charge in [0.1, 0.15) is 0 Å². The quantitative estimate of drug-likeness (QED) is 0.169. The molecule has 0 N–H and O–H groups in total. The molecule has 2 heteroatoms. The first-order chi connectivity index (χ1) is 30.8. The number of anilines is 3. The highest BCUT2D eigenvalue weighted by atomic mass is 15.1. The predicted octanol–water partition coefficient (Wildman–Crippen LogP) is 16.0. The van der Waals surface area contributed by atoms with E-state index in [0.29, 0.717) is 0 Å². The van der Waals surface area contributed by atoms with Gasteiger partial charge >= 0.3 is 0 Å². The highest BCUT2D eigenvalue weighted by molar-refractivity contribution is 6.19. The van der Waals surface area contributed by atoms with E-state index >= 15 is 0 Å². The van der Waals surface area contributed by atoms with Gasteiger partial charge in [0.05, 0.1) is 16.7 Å². The summed E-state index contributed by atoms with van der Waals surface area (Å²) in [6.07, 6.45) is 0. The molecule has 2 nitrogen and oxygen atoms in total. The first kappa shape index (κ1) is 34.6. The van der Waals surface area contributed by atoms with Gasteiger partial charge in [0.15, 0.2) is 0 Å². The van der Waals surface area contributed by atoms with Gasteiger partial charge in [-0.05, 0) is 133 Å². The SMILES string of the molecule is c1ccc(-n2c3ccccc3c3cc(-c4ccc(N(c5ccc6c(c5)C(=C5c7ccccc7-c7ccccc75)c5ccccc5-6)c5cccc6ccccc56)cc4)ccc32)cc1. The van der Waals surface area contributed by atoms with Crippen LogP contribution in [0.4, 0.5) is 17.1 Å². The van der Waals surface area contributed by atoms with Gasteiger partial charge < -0.3 is 9.47 Å². The van der Waals surface area contributed by atoms with Crippen molar-refractivity contribution in [3.63, 3.8) is 0 Å². The van der Waals surface area contributed by atoms with Crippen molar-refractivity contribution >= 4 is 60.8 Å². The third kappa shape index (κ3) is 5.17. The number of aromatic nitrogens is 1. The second-order valence-electron chi connectivity index (χ2n) is 16.4. The van der Waals surface area contributed by atoms with Crippen molar-refractivity contribution in [2.45, 2.75) is 0 Å². The average Bonchev–Trinajstić information content (AvgIpc) is 3.97. The minimum atomic E-state index is 1.10. The maximum atomic E-state index is 2.45. The van der Waals surface area contributed by atoms with Gasteiger partial charge in [0, 0.05) is 33.2 Å². The molecule has 0 saturated carbocycles. The Morgan fingerprint density at radius 3 is 1.52 bits per heavy atom. The van der Waals surface area contributed by atoms with Crippen LogP contribution in [0.1, 0.15) is 22.3 Å². The molecule has 1 heterocycles. The predicted molar refractivity (Wildman–Crippen MR) is 261 cm³/mol. The molecule has 0 unspecified atom stereocenters. The molecule has 0 amide bonds. The molecule has 62 heavy (non-hydrogen) atoms. The molecule has 0 saturated heterocycles. The summed E-state index contributed by atoms with van der Waals surface area (Å²) < 4.78 is 2.38. The van der Waals surface area contributed by atoms with E-state index in [1.807, 2.05) is 0 Å². The van der Waals surface area contributed by atoms with E-state index < -0.39 is 0 Å². The van der Waals surface area contributed by atoms with Gasteiger partial charge in [-0.2, -0.15) is 0 Å². The Bertz CT molecular complexity index is 3570. The lowest BCUT2D eigenvalue weighted by Crippen LogP contribution is -2.11. The summed E-state index contributed by atoms with van der Waals surface area (Å²) in [6, 6.07) is 84.7. The molecular formula is C60H38N2. The van der Waals surface area contributed by atoms with Crippen molar-refractivity contribution in [2.75, 3.05) is 4.90 Å². The highest BCUT2D eigenvalue weighted by Crippen LogP contribution is 2.55. The molecule has 0 bridgehead atoms. The maximum Gasteiger partial charge on any atom is 0.0541 e. The van der Waals surface area contributed by atoms with Crippen LogP contribution in [0.2, 0.25) is 0 Å². The van der Waals surface area contributed by atoms with Crippen molar-refractivity contribution in [3.05, 3.63) is 253 Å². The van der Waals surface area contributed by atoms with Crippen LogP contribution in [0, 0.1) is 0 Å². The number of hydrogen-bond donors (Lipinski definition) is 0. The van der Waals surface area contributed by atoms with Crippen molar-refractivity contribution in [2.24, 2.45) is 0 Å². The summed E-state index contributed by atoms with van der Waals surface area (Å²) in [5, 5.41) is 4.93. The van der Waals surface area contributed by atoms with Gasteiger partial charge in [0.25, 0.3) is 0 Å². The Morgan fingerprint density at radius 1 is 0.290 bits per heavy atom. The third-order valence-electron chi connectivity index (χ3n) is 13.1. The van der Waals surface area contributed by atoms with Crippen molar-refractivity contribution in [1.82, 2.24) is 4.57 Å². The Hall–Kier alpha value is -8.20. The molecule has 0 radical (unpaired) electrons. The Labute approximate surface area is 360 Å². The van der Waals surface area contributed by atoms with Gasteiger partial charge in [-0.3, -0.25) is 0 Å². The Morgan fingerprint density at radius 2 is 0.806 bits per heavy atom. The first-order valence-corrected chi connectivity index (χ1v) is 21.4. The molecule has 0 fully saturated rings. The highest BCUT2D eigenvalue weighted by Gasteiger charge is 2.33. The van der Waals surface area contributed by atoms with E-state index in [2.05, 4.69) is 240 Å². The molecule has 13 rings (SSSR count). The van der Waals surface area contributed by atoms with Crippen LogP contribution in [-0.4, -0.2) is 4.57 Å². The largest absolute Gasteiger partial charge is 0.310 e. The maximum absolute atomic E-state index is 2.45. The van der Waals surface area contributed by atoms with E-state index in [1.54, 1.807) is 0 Å². The van der Waals surface area contributed by atoms with Crippen LogP contribution in [0.15, 0.2) is 231 Å². The molecule has 0 aliphatic heterocycles. The summed E-state index contributed by atoms with van der Waals surface area (Å²) in [5.74, 6) is 0. The lowest BCUT2D eigenvalue weighted by atomic mass is 9.91. The number of para-hydroxylation sites is 2. The first-order valence-electron chi connectivity index (χ1n) is 21.4. The lowest BCUT2D eigenvalue weighted by Gasteiger charge is -2.28. The molecule has 1 aromatic heterocycles. The third-order valence-corrected chi connectivity index (χ3v) is 13.1. The second kappa shape index (κ2) is 13.7. The summed E-state index contributed by atoms with van der Waals surface area (Å²) in [6.45, 7) is 0. The van der Waals surface area contributed by atoms with Crippen molar-refractivity contribution < 1.29 is 0 Å². The standard InChI is InChI=1S/C60H38N2/c1-2-17-42(18-3-1)62-57-27-13-12-23-50(57)54-37-41(31-36-58(54)62)39-29-32-43(33-30-39)61(56-28-14-16-40-15-4-5-19-45(40)56)44-34-35-49-48-22-8-11-26-53(48)60(55(49)38-44)59-51-24-9-6-20-46(51)47-21-7-10-25-52(47)59/h1-38H. The van der Waals surface area contributed by atoms with E-state index in [0.717, 1.165) is 17.1 Å². The number of hydrogen-bond acceptors (Lipinski definition) is 1. The molecule has 0 spiro atoms. The van der Waals surface area contributed by atoms with Gasteiger partial charge in [-0.15, -0.1) is 0 Å². The van der Waals surface area contributed by atoms with Crippen LogP contribution in [0.3, 0.4) is 0 Å². The fourth-order valence-corrected chi connectivity index (χ4v) is 10.4. The number of benzene rings is 10. The normalized spacial score (nSPS) is 12.5. The average molecular weight is 787 g/mol. The van der Waals surface area contributed by atoms with E-state index in [-0.39, 0.29) is 0 Å². The van der Waals surface area contributed by atoms with E-state index in [1.165, 1.54) is 105 Å². The number of fused-ring (bicyclic) bond motifs is 10. The minimum Gasteiger partial charge on any atom is -0.310 e. The molecule has 10 aromatic carbocycles. The second-order valence-corrected chi connectivity index (χ2v) is 16.4. The summed E-state index contributed by atoms with van der Waals surface area (Å²) in [4.78, 5) is 2.45. The number of rotatable bonds is 5. The summed E-state index contributed by atoms with van der Waals surface area (Å²) >= 11 is 0. The smallest absolute Gasteiger partial charge is 0.0541 e. The molecule has 0 atom stereocenters. The van der Waals surface area contributed by atoms with Crippen LogP contribution in [-0.2, 0) is 0 Å².